The summed E-state index contributed by atoms with van der Waals surface area (Å²) in [6.07, 6.45) is 1.03. The molecule has 0 unspecified atom stereocenters. The lowest BCUT2D eigenvalue weighted by Gasteiger charge is -2.07. The number of ether oxygens (including phenoxy) is 2. The largest absolute Gasteiger partial charge is 0.468 e. The molecule has 0 fully saturated rings. The molecule has 2 nitrogen and oxygen atoms in total. The van der Waals surface area contributed by atoms with Gasteiger partial charge in [-0.3, -0.25) is 0 Å². The van der Waals surface area contributed by atoms with Crippen LogP contribution >= 0.6 is 0 Å². The number of hydrogen-bond acceptors (Lipinski definition) is 2. The number of hydrogen-bond donors (Lipinski definition) is 0. The zero-order chi connectivity index (χ0) is 9.68. The van der Waals surface area contributed by atoms with Crippen LogP contribution in [0.25, 0.3) is 0 Å². The first-order valence-corrected chi connectivity index (χ1v) is 4.48. The third kappa shape index (κ3) is 3.11. The molecule has 1 aromatic rings. The number of aryl methyl sites for hydroxylation is 1. The highest BCUT2D eigenvalue weighted by Crippen LogP contribution is 2.16. The Hall–Kier alpha value is -0.955. The molecule has 0 N–H and O–H groups in total. The Bertz CT molecular complexity index is 274. The van der Waals surface area contributed by atoms with Crippen molar-refractivity contribution in [3.05, 3.63) is 29.3 Å². The topological polar surface area (TPSA) is 18.5 Å². The predicted octanol–water partition coefficient (Wildman–Crippen LogP) is 1.11. The lowest BCUT2D eigenvalue weighted by Crippen LogP contribution is -1.99. The smallest absolute Gasteiger partial charge is 0.188 e. The SMILES string of the molecule is BCc1cc(C)cc(OCOC)c1. The van der Waals surface area contributed by atoms with E-state index in [-0.39, 0.29) is 0 Å². The van der Waals surface area contributed by atoms with Gasteiger partial charge in [0.25, 0.3) is 0 Å². The molecule has 13 heavy (non-hydrogen) atoms. The van der Waals surface area contributed by atoms with E-state index in [0.717, 1.165) is 12.1 Å². The summed E-state index contributed by atoms with van der Waals surface area (Å²) in [5.41, 5.74) is 2.52. The fraction of sp³-hybridized carbons (Fsp3) is 0.400. The van der Waals surface area contributed by atoms with E-state index in [2.05, 4.69) is 20.8 Å². The van der Waals surface area contributed by atoms with Crippen molar-refractivity contribution in [2.24, 2.45) is 0 Å². The van der Waals surface area contributed by atoms with Crippen LogP contribution in [0, 0.1) is 6.92 Å². The second-order valence-corrected chi connectivity index (χ2v) is 3.06. The number of rotatable bonds is 4. The molecule has 0 spiro atoms. The van der Waals surface area contributed by atoms with Crippen molar-refractivity contribution < 1.29 is 9.47 Å². The van der Waals surface area contributed by atoms with Crippen LogP contribution in [0.5, 0.6) is 5.75 Å². The lowest BCUT2D eigenvalue weighted by atomic mass is 9.96. The lowest BCUT2D eigenvalue weighted by molar-refractivity contribution is 0.0510. The first-order chi connectivity index (χ1) is 6.26. The molecule has 0 aliphatic carbocycles. The summed E-state index contributed by atoms with van der Waals surface area (Å²) in [4.78, 5) is 0. The molecule has 0 amide bonds. The first-order valence-electron chi connectivity index (χ1n) is 4.48. The molecular weight excluding hydrogens is 163 g/mol. The van der Waals surface area contributed by atoms with Crippen molar-refractivity contribution in [2.75, 3.05) is 13.9 Å². The minimum Gasteiger partial charge on any atom is -0.468 e. The third-order valence-corrected chi connectivity index (χ3v) is 1.86. The van der Waals surface area contributed by atoms with E-state index < -0.39 is 0 Å². The minimum absolute atomic E-state index is 0.312. The monoisotopic (exact) mass is 178 g/mol. The molecule has 0 saturated carbocycles. The molecule has 0 aliphatic heterocycles. The van der Waals surface area contributed by atoms with Gasteiger partial charge in [-0.25, -0.2) is 0 Å². The van der Waals surface area contributed by atoms with Crippen molar-refractivity contribution in [3.8, 4) is 5.75 Å². The molecule has 1 rings (SSSR count). The molecule has 0 aromatic heterocycles. The van der Waals surface area contributed by atoms with Gasteiger partial charge in [0.1, 0.15) is 13.6 Å². The van der Waals surface area contributed by atoms with E-state index in [0.29, 0.717) is 6.79 Å². The van der Waals surface area contributed by atoms with Crippen molar-refractivity contribution >= 4 is 7.85 Å². The van der Waals surface area contributed by atoms with E-state index in [9.17, 15) is 0 Å². The van der Waals surface area contributed by atoms with Gasteiger partial charge in [0.2, 0.25) is 0 Å². The highest BCUT2D eigenvalue weighted by Gasteiger charge is 1.97. The maximum atomic E-state index is 5.36. The van der Waals surface area contributed by atoms with Crippen LogP contribution in [-0.2, 0) is 11.1 Å². The van der Waals surface area contributed by atoms with Crippen LogP contribution in [0.2, 0.25) is 0 Å². The zero-order valence-electron chi connectivity index (χ0n) is 8.46. The molecular formula is C10H15BO2. The number of benzene rings is 1. The fourth-order valence-corrected chi connectivity index (χ4v) is 1.24. The average molecular weight is 178 g/mol. The minimum atomic E-state index is 0.312. The summed E-state index contributed by atoms with van der Waals surface area (Å²) in [5, 5.41) is 0. The fourth-order valence-electron chi connectivity index (χ4n) is 1.24. The summed E-state index contributed by atoms with van der Waals surface area (Å²) in [6, 6.07) is 6.23. The zero-order valence-corrected chi connectivity index (χ0v) is 8.46. The summed E-state index contributed by atoms with van der Waals surface area (Å²) < 4.78 is 10.2. The molecule has 3 heteroatoms. The third-order valence-electron chi connectivity index (χ3n) is 1.86. The highest BCUT2D eigenvalue weighted by atomic mass is 16.7. The summed E-state index contributed by atoms with van der Waals surface area (Å²) in [7, 11) is 3.76. The van der Waals surface area contributed by atoms with Gasteiger partial charge in [0.15, 0.2) is 6.79 Å². The molecule has 0 saturated heterocycles. The van der Waals surface area contributed by atoms with Gasteiger partial charge in [-0.2, -0.15) is 0 Å². The Morgan fingerprint density at radius 2 is 2.08 bits per heavy atom. The van der Waals surface area contributed by atoms with Crippen molar-refractivity contribution in [1.29, 1.82) is 0 Å². The van der Waals surface area contributed by atoms with Crippen LogP contribution in [0.15, 0.2) is 18.2 Å². The number of methoxy groups -OCH3 is 1. The van der Waals surface area contributed by atoms with Crippen LogP contribution in [-0.4, -0.2) is 21.7 Å². The van der Waals surface area contributed by atoms with Gasteiger partial charge >= 0.3 is 0 Å². The van der Waals surface area contributed by atoms with Crippen molar-refractivity contribution in [3.63, 3.8) is 0 Å². The molecule has 0 radical (unpaired) electrons. The molecule has 0 heterocycles. The Morgan fingerprint density at radius 3 is 2.69 bits per heavy atom. The quantitative estimate of drug-likeness (QED) is 0.507. The second-order valence-electron chi connectivity index (χ2n) is 3.06. The normalized spacial score (nSPS) is 10.0. The molecule has 0 atom stereocenters. The summed E-state index contributed by atoms with van der Waals surface area (Å²) in [6.45, 7) is 2.38. The van der Waals surface area contributed by atoms with Crippen LogP contribution < -0.4 is 4.74 Å². The van der Waals surface area contributed by atoms with E-state index in [1.165, 1.54) is 11.1 Å². The van der Waals surface area contributed by atoms with Crippen LogP contribution in [0.3, 0.4) is 0 Å². The van der Waals surface area contributed by atoms with Crippen LogP contribution in [0.1, 0.15) is 11.1 Å². The Balaban J connectivity index is 2.76. The van der Waals surface area contributed by atoms with Crippen molar-refractivity contribution in [1.82, 2.24) is 0 Å². The Morgan fingerprint density at radius 1 is 1.31 bits per heavy atom. The predicted molar refractivity (Wildman–Crippen MR) is 55.9 cm³/mol. The molecule has 70 valence electrons. The van der Waals surface area contributed by atoms with Gasteiger partial charge in [0.05, 0.1) is 0 Å². The van der Waals surface area contributed by atoms with Gasteiger partial charge in [0, 0.05) is 7.11 Å². The van der Waals surface area contributed by atoms with Gasteiger partial charge in [-0.15, -0.1) is 0 Å². The van der Waals surface area contributed by atoms with Gasteiger partial charge in [-0.1, -0.05) is 17.9 Å². The van der Waals surface area contributed by atoms with E-state index in [4.69, 9.17) is 9.47 Å². The van der Waals surface area contributed by atoms with E-state index >= 15 is 0 Å². The molecule has 0 bridgehead atoms. The highest BCUT2D eigenvalue weighted by molar-refractivity contribution is 6.08. The molecule has 1 aromatic carbocycles. The summed E-state index contributed by atoms with van der Waals surface area (Å²) >= 11 is 0. The maximum Gasteiger partial charge on any atom is 0.188 e. The van der Waals surface area contributed by atoms with E-state index in [1.807, 2.05) is 12.1 Å². The average Bonchev–Trinajstić information content (AvgIpc) is 2.14. The first kappa shape index (κ1) is 10.1. The van der Waals surface area contributed by atoms with Gasteiger partial charge < -0.3 is 9.47 Å². The maximum absolute atomic E-state index is 5.36. The standard InChI is InChI=1S/C10H15BO2/c1-8-3-9(6-11)5-10(4-8)13-7-12-2/h3-5H,6-7,11H2,1-2H3. The molecule has 0 aliphatic rings. The van der Waals surface area contributed by atoms with Crippen LogP contribution in [0.4, 0.5) is 0 Å². The summed E-state index contributed by atoms with van der Waals surface area (Å²) in [5.74, 6) is 0.888. The van der Waals surface area contributed by atoms with E-state index in [1.54, 1.807) is 7.11 Å². The second kappa shape index (κ2) is 4.92. The van der Waals surface area contributed by atoms with Crippen molar-refractivity contribution in [2.45, 2.75) is 13.2 Å². The van der Waals surface area contributed by atoms with Gasteiger partial charge in [-0.05, 0) is 24.6 Å². The Kier molecular flexibility index (Phi) is 3.84. The Labute approximate surface area is 80.3 Å².